The van der Waals surface area contributed by atoms with Crippen LogP contribution in [0.15, 0.2) is 59.4 Å². The van der Waals surface area contributed by atoms with Crippen molar-refractivity contribution in [1.82, 2.24) is 15.5 Å². The van der Waals surface area contributed by atoms with Crippen molar-refractivity contribution in [2.75, 3.05) is 0 Å². The summed E-state index contributed by atoms with van der Waals surface area (Å²) >= 11 is 0. The number of nitrogens with one attached hydrogen (secondary N) is 1. The third-order valence-corrected chi connectivity index (χ3v) is 3.37. The standard InChI is InChI=1S/C17H15N3O2/c1-12-16(17(21)19-11-14-8-10-22-20-14)15(7-9-18-12)13-5-3-2-4-6-13/h2-10H,11H2,1H3,(H,19,21). The summed E-state index contributed by atoms with van der Waals surface area (Å²) in [4.78, 5) is 16.8. The molecule has 0 bridgehead atoms. The van der Waals surface area contributed by atoms with E-state index in [2.05, 4.69) is 15.5 Å². The maximum absolute atomic E-state index is 12.5. The Morgan fingerprint density at radius 3 is 2.73 bits per heavy atom. The van der Waals surface area contributed by atoms with Gasteiger partial charge in [-0.25, -0.2) is 0 Å². The van der Waals surface area contributed by atoms with E-state index in [1.165, 1.54) is 6.26 Å². The fourth-order valence-corrected chi connectivity index (χ4v) is 2.30. The number of hydrogen-bond donors (Lipinski definition) is 1. The third-order valence-electron chi connectivity index (χ3n) is 3.37. The summed E-state index contributed by atoms with van der Waals surface area (Å²) in [6.45, 7) is 2.15. The van der Waals surface area contributed by atoms with E-state index < -0.39 is 0 Å². The lowest BCUT2D eigenvalue weighted by Crippen LogP contribution is -2.24. The molecule has 5 nitrogen and oxygen atoms in total. The molecule has 2 aromatic heterocycles. The van der Waals surface area contributed by atoms with E-state index >= 15 is 0 Å². The first-order valence-electron chi connectivity index (χ1n) is 6.94. The predicted octanol–water partition coefficient (Wildman–Crippen LogP) is 2.98. The fraction of sp³-hybridized carbons (Fsp3) is 0.118. The van der Waals surface area contributed by atoms with Crippen LogP contribution < -0.4 is 5.32 Å². The van der Waals surface area contributed by atoms with Gasteiger partial charge in [0.2, 0.25) is 0 Å². The van der Waals surface area contributed by atoms with Crippen molar-refractivity contribution in [3.8, 4) is 11.1 Å². The SMILES string of the molecule is Cc1nccc(-c2ccccc2)c1C(=O)NCc1ccon1. The molecule has 0 fully saturated rings. The van der Waals surface area contributed by atoms with Gasteiger partial charge in [-0.15, -0.1) is 0 Å². The Kier molecular flexibility index (Phi) is 3.96. The van der Waals surface area contributed by atoms with Crippen molar-refractivity contribution in [3.05, 3.63) is 71.9 Å². The highest BCUT2D eigenvalue weighted by Crippen LogP contribution is 2.24. The lowest BCUT2D eigenvalue weighted by molar-refractivity contribution is 0.0949. The zero-order valence-corrected chi connectivity index (χ0v) is 12.1. The number of benzene rings is 1. The van der Waals surface area contributed by atoms with E-state index in [0.29, 0.717) is 23.5 Å². The normalized spacial score (nSPS) is 10.4. The van der Waals surface area contributed by atoms with Crippen LogP contribution in [0.2, 0.25) is 0 Å². The van der Waals surface area contributed by atoms with E-state index in [1.807, 2.05) is 43.3 Å². The van der Waals surface area contributed by atoms with Crippen molar-refractivity contribution in [2.45, 2.75) is 13.5 Å². The Labute approximate surface area is 128 Å². The summed E-state index contributed by atoms with van der Waals surface area (Å²) < 4.78 is 4.76. The number of aryl methyl sites for hydroxylation is 1. The number of aromatic nitrogens is 2. The Hall–Kier alpha value is -2.95. The van der Waals surface area contributed by atoms with Gasteiger partial charge in [-0.3, -0.25) is 9.78 Å². The molecule has 0 unspecified atom stereocenters. The molecule has 0 aliphatic heterocycles. The van der Waals surface area contributed by atoms with Gasteiger partial charge in [-0.2, -0.15) is 0 Å². The Balaban J connectivity index is 1.90. The van der Waals surface area contributed by atoms with Crippen LogP contribution in [-0.2, 0) is 6.54 Å². The summed E-state index contributed by atoms with van der Waals surface area (Å²) in [5.74, 6) is -0.174. The molecule has 22 heavy (non-hydrogen) atoms. The van der Waals surface area contributed by atoms with Gasteiger partial charge in [0, 0.05) is 12.3 Å². The summed E-state index contributed by atoms with van der Waals surface area (Å²) in [5, 5.41) is 6.63. The van der Waals surface area contributed by atoms with Crippen LogP contribution in [0.3, 0.4) is 0 Å². The molecule has 0 saturated carbocycles. The first kappa shape index (κ1) is 14.0. The largest absolute Gasteiger partial charge is 0.364 e. The van der Waals surface area contributed by atoms with Gasteiger partial charge >= 0.3 is 0 Å². The van der Waals surface area contributed by atoms with Crippen LogP contribution in [-0.4, -0.2) is 16.0 Å². The van der Waals surface area contributed by atoms with Crippen LogP contribution in [0, 0.1) is 6.92 Å². The molecule has 0 radical (unpaired) electrons. The number of rotatable bonds is 4. The molecule has 0 aliphatic carbocycles. The van der Waals surface area contributed by atoms with Gasteiger partial charge in [0.1, 0.15) is 12.0 Å². The molecule has 0 saturated heterocycles. The average molecular weight is 293 g/mol. The molecule has 1 aromatic carbocycles. The van der Waals surface area contributed by atoms with Crippen LogP contribution in [0.25, 0.3) is 11.1 Å². The van der Waals surface area contributed by atoms with Crippen molar-refractivity contribution >= 4 is 5.91 Å². The number of nitrogens with zero attached hydrogens (tertiary/aromatic N) is 2. The van der Waals surface area contributed by atoms with Gasteiger partial charge in [-0.05, 0) is 24.1 Å². The summed E-state index contributed by atoms with van der Waals surface area (Å²) in [7, 11) is 0. The van der Waals surface area contributed by atoms with E-state index in [9.17, 15) is 4.79 Å². The average Bonchev–Trinajstić information content (AvgIpc) is 3.06. The molecule has 1 amide bonds. The van der Waals surface area contributed by atoms with E-state index in [4.69, 9.17) is 4.52 Å². The van der Waals surface area contributed by atoms with Crippen LogP contribution >= 0.6 is 0 Å². The number of hydrogen-bond acceptors (Lipinski definition) is 4. The van der Waals surface area contributed by atoms with Crippen LogP contribution in [0.1, 0.15) is 21.7 Å². The highest BCUT2D eigenvalue weighted by atomic mass is 16.5. The molecular formula is C17H15N3O2. The fourth-order valence-electron chi connectivity index (χ4n) is 2.30. The van der Waals surface area contributed by atoms with Gasteiger partial charge in [-0.1, -0.05) is 35.5 Å². The van der Waals surface area contributed by atoms with E-state index in [-0.39, 0.29) is 5.91 Å². The Bertz CT molecular complexity index is 768. The zero-order valence-electron chi connectivity index (χ0n) is 12.1. The van der Waals surface area contributed by atoms with Crippen molar-refractivity contribution in [3.63, 3.8) is 0 Å². The molecule has 3 aromatic rings. The minimum Gasteiger partial charge on any atom is -0.364 e. The summed E-state index contributed by atoms with van der Waals surface area (Å²) in [6, 6.07) is 13.4. The topological polar surface area (TPSA) is 68.0 Å². The highest BCUT2D eigenvalue weighted by molar-refractivity contribution is 6.01. The van der Waals surface area contributed by atoms with Crippen LogP contribution in [0.4, 0.5) is 0 Å². The molecule has 0 aliphatic rings. The smallest absolute Gasteiger partial charge is 0.254 e. The quantitative estimate of drug-likeness (QED) is 0.803. The molecule has 0 spiro atoms. The summed E-state index contributed by atoms with van der Waals surface area (Å²) in [5.41, 5.74) is 3.80. The minimum absolute atomic E-state index is 0.174. The van der Waals surface area contributed by atoms with E-state index in [1.54, 1.807) is 12.3 Å². The molecule has 2 heterocycles. The molecule has 1 N–H and O–H groups in total. The molecule has 110 valence electrons. The predicted molar refractivity (Wildman–Crippen MR) is 82.1 cm³/mol. The van der Waals surface area contributed by atoms with Crippen LogP contribution in [0.5, 0.6) is 0 Å². The molecule has 5 heteroatoms. The lowest BCUT2D eigenvalue weighted by atomic mass is 9.99. The second-order valence-corrected chi connectivity index (χ2v) is 4.86. The van der Waals surface area contributed by atoms with Gasteiger partial charge < -0.3 is 9.84 Å². The maximum atomic E-state index is 12.5. The molecular weight excluding hydrogens is 278 g/mol. The monoisotopic (exact) mass is 293 g/mol. The van der Waals surface area contributed by atoms with Gasteiger partial charge in [0.25, 0.3) is 5.91 Å². The first-order valence-corrected chi connectivity index (χ1v) is 6.94. The minimum atomic E-state index is -0.174. The molecule has 3 rings (SSSR count). The zero-order chi connectivity index (χ0) is 15.4. The number of amides is 1. The van der Waals surface area contributed by atoms with Gasteiger partial charge in [0.15, 0.2) is 0 Å². The second kappa shape index (κ2) is 6.22. The summed E-state index contributed by atoms with van der Waals surface area (Å²) in [6.07, 6.45) is 3.19. The Morgan fingerprint density at radius 2 is 2.00 bits per heavy atom. The second-order valence-electron chi connectivity index (χ2n) is 4.86. The van der Waals surface area contributed by atoms with E-state index in [0.717, 1.165) is 11.1 Å². The third kappa shape index (κ3) is 2.88. The molecule has 0 atom stereocenters. The number of carbonyl (C=O) groups excluding carboxylic acids is 1. The maximum Gasteiger partial charge on any atom is 0.254 e. The highest BCUT2D eigenvalue weighted by Gasteiger charge is 2.16. The Morgan fingerprint density at radius 1 is 1.18 bits per heavy atom. The van der Waals surface area contributed by atoms with Crippen molar-refractivity contribution in [1.29, 1.82) is 0 Å². The lowest BCUT2D eigenvalue weighted by Gasteiger charge is -2.12. The van der Waals surface area contributed by atoms with Crippen molar-refractivity contribution < 1.29 is 9.32 Å². The first-order chi connectivity index (χ1) is 10.8. The van der Waals surface area contributed by atoms with Gasteiger partial charge in [0.05, 0.1) is 17.8 Å². The number of carbonyl (C=O) groups is 1. The van der Waals surface area contributed by atoms with Crippen molar-refractivity contribution in [2.24, 2.45) is 0 Å². The number of pyridine rings is 1.